The van der Waals surface area contributed by atoms with E-state index in [2.05, 4.69) is 9.97 Å². The molecule has 0 saturated carbocycles. The molecule has 0 bridgehead atoms. The Balaban J connectivity index is 0.000000181. The second kappa shape index (κ2) is 8.77. The number of aromatic amines is 1. The summed E-state index contributed by atoms with van der Waals surface area (Å²) in [6, 6.07) is 1.80. The number of rotatable bonds is 4. The number of thiophene rings is 2. The van der Waals surface area contributed by atoms with Crippen molar-refractivity contribution in [2.45, 2.75) is 33.6 Å². The van der Waals surface area contributed by atoms with Crippen molar-refractivity contribution in [3.05, 3.63) is 44.1 Å². The number of aryl methyl sites for hydroxylation is 2. The fraction of sp³-hybridized carbons (Fsp3) is 0.353. The van der Waals surface area contributed by atoms with Crippen molar-refractivity contribution in [1.82, 2.24) is 9.97 Å². The summed E-state index contributed by atoms with van der Waals surface area (Å²) in [6.45, 7) is 6.23. The van der Waals surface area contributed by atoms with Crippen molar-refractivity contribution in [2.24, 2.45) is 0 Å². The van der Waals surface area contributed by atoms with Gasteiger partial charge < -0.3 is 15.5 Å². The highest BCUT2D eigenvalue weighted by Crippen LogP contribution is 2.25. The molecule has 0 aliphatic carbocycles. The molecule has 0 radical (unpaired) electrons. The molecule has 3 aromatic heterocycles. The zero-order valence-corrected chi connectivity index (χ0v) is 16.1. The first-order valence-corrected chi connectivity index (χ1v) is 9.70. The zero-order valence-electron chi connectivity index (χ0n) is 14.4. The number of H-pyrrole nitrogens is 1. The smallest absolute Gasteiger partial charge is 0.341 e. The molecule has 0 unspecified atom stereocenters. The highest BCUT2D eigenvalue weighted by atomic mass is 32.1. The molecule has 0 saturated heterocycles. The number of fused-ring (bicyclic) bond motifs is 1. The highest BCUT2D eigenvalue weighted by molar-refractivity contribution is 7.17. The van der Waals surface area contributed by atoms with Crippen LogP contribution in [0.15, 0.2) is 22.6 Å². The van der Waals surface area contributed by atoms with Gasteiger partial charge in [0.25, 0.3) is 5.56 Å². The number of esters is 1. The minimum atomic E-state index is -0.323. The second-order valence-corrected chi connectivity index (χ2v) is 7.12. The van der Waals surface area contributed by atoms with E-state index in [-0.39, 0.29) is 11.5 Å². The van der Waals surface area contributed by atoms with E-state index in [0.717, 1.165) is 33.5 Å². The van der Waals surface area contributed by atoms with Gasteiger partial charge in [-0.25, -0.2) is 9.78 Å². The number of nitrogens with two attached hydrogens (primary N) is 1. The number of carbonyl (C=O) groups is 1. The average Bonchev–Trinajstić information content (AvgIpc) is 3.19. The van der Waals surface area contributed by atoms with E-state index in [1.807, 2.05) is 19.2 Å². The van der Waals surface area contributed by atoms with Gasteiger partial charge in [0.15, 0.2) is 0 Å². The molecule has 0 amide bonds. The van der Waals surface area contributed by atoms with E-state index in [0.29, 0.717) is 17.2 Å². The minimum absolute atomic E-state index is 0.0295. The number of carbonyl (C=O) groups excluding carboxylic acids is 1. The lowest BCUT2D eigenvalue weighted by atomic mass is 10.2. The molecule has 3 aromatic rings. The molecular formula is C17H21N3O3S2. The Morgan fingerprint density at radius 2 is 2.08 bits per heavy atom. The second-order valence-electron chi connectivity index (χ2n) is 5.09. The lowest BCUT2D eigenvalue weighted by molar-refractivity contribution is 0.0528. The molecule has 0 aliphatic heterocycles. The van der Waals surface area contributed by atoms with Crippen LogP contribution in [0.2, 0.25) is 0 Å². The summed E-state index contributed by atoms with van der Waals surface area (Å²) in [5.74, 6) is -0.323. The maximum absolute atomic E-state index is 11.3. The van der Waals surface area contributed by atoms with Gasteiger partial charge in [-0.1, -0.05) is 13.8 Å². The predicted octanol–water partition coefficient (Wildman–Crippen LogP) is 3.62. The van der Waals surface area contributed by atoms with Crippen LogP contribution in [-0.4, -0.2) is 22.5 Å². The maximum atomic E-state index is 11.3. The fourth-order valence-electron chi connectivity index (χ4n) is 2.20. The van der Waals surface area contributed by atoms with Crippen molar-refractivity contribution in [3.8, 4) is 0 Å². The number of aromatic nitrogens is 2. The van der Waals surface area contributed by atoms with Crippen LogP contribution in [0, 0.1) is 0 Å². The minimum Gasteiger partial charge on any atom is -0.462 e. The van der Waals surface area contributed by atoms with Gasteiger partial charge in [-0.3, -0.25) is 4.79 Å². The normalized spacial score (nSPS) is 10.4. The van der Waals surface area contributed by atoms with Crippen molar-refractivity contribution in [3.63, 3.8) is 0 Å². The summed E-state index contributed by atoms with van der Waals surface area (Å²) in [5, 5.41) is 3.30. The van der Waals surface area contributed by atoms with E-state index in [1.54, 1.807) is 13.0 Å². The van der Waals surface area contributed by atoms with Gasteiger partial charge in [0.2, 0.25) is 0 Å². The lowest BCUT2D eigenvalue weighted by Gasteiger charge is -1.98. The molecule has 0 atom stereocenters. The van der Waals surface area contributed by atoms with Crippen LogP contribution in [-0.2, 0) is 17.6 Å². The fourth-order valence-corrected chi connectivity index (χ4v) is 4.05. The van der Waals surface area contributed by atoms with Gasteiger partial charge in [0.1, 0.15) is 9.83 Å². The van der Waals surface area contributed by atoms with Crippen LogP contribution in [0.25, 0.3) is 10.2 Å². The maximum Gasteiger partial charge on any atom is 0.341 e. The van der Waals surface area contributed by atoms with Crippen LogP contribution >= 0.6 is 22.7 Å². The molecule has 3 rings (SSSR count). The monoisotopic (exact) mass is 379 g/mol. The SMILES string of the molecule is CCOC(=O)c1cc(CC)sc1N.CCc1csc2nc[nH]c(=O)c12. The highest BCUT2D eigenvalue weighted by Gasteiger charge is 2.13. The summed E-state index contributed by atoms with van der Waals surface area (Å²) >= 11 is 2.97. The Morgan fingerprint density at radius 1 is 1.32 bits per heavy atom. The Hall–Kier alpha value is -2.19. The third-order valence-corrected chi connectivity index (χ3v) is 5.53. The number of nitrogens with one attached hydrogen (secondary N) is 1. The number of ether oxygens (including phenoxy) is 1. The zero-order chi connectivity index (χ0) is 18.4. The number of anilines is 1. The van der Waals surface area contributed by atoms with Crippen molar-refractivity contribution < 1.29 is 9.53 Å². The standard InChI is InChI=1S/C9H13NO2S.C8H8N2OS/c1-3-6-5-7(8(10)13-6)9(11)12-4-2;1-2-5-3-12-8-6(5)7(11)9-4-10-8/h5H,3-4,10H2,1-2H3;3-4H,2H2,1H3,(H,9,10,11). The summed E-state index contributed by atoms with van der Waals surface area (Å²) in [4.78, 5) is 31.2. The molecule has 0 fully saturated rings. The van der Waals surface area contributed by atoms with Crippen molar-refractivity contribution >= 4 is 43.9 Å². The third kappa shape index (κ3) is 4.46. The van der Waals surface area contributed by atoms with Crippen LogP contribution in [0.5, 0.6) is 0 Å². The van der Waals surface area contributed by atoms with Crippen LogP contribution in [0.1, 0.15) is 41.6 Å². The van der Waals surface area contributed by atoms with E-state index in [9.17, 15) is 9.59 Å². The predicted molar refractivity (Wildman–Crippen MR) is 104 cm³/mol. The third-order valence-electron chi connectivity index (χ3n) is 3.49. The topological polar surface area (TPSA) is 98.1 Å². The van der Waals surface area contributed by atoms with Crippen LogP contribution in [0.4, 0.5) is 5.00 Å². The Kier molecular flexibility index (Phi) is 6.72. The summed E-state index contributed by atoms with van der Waals surface area (Å²) < 4.78 is 4.85. The van der Waals surface area contributed by atoms with Gasteiger partial charge >= 0.3 is 5.97 Å². The summed E-state index contributed by atoms with van der Waals surface area (Å²) in [7, 11) is 0. The van der Waals surface area contributed by atoms with Crippen LogP contribution < -0.4 is 11.3 Å². The van der Waals surface area contributed by atoms with Crippen molar-refractivity contribution in [1.29, 1.82) is 0 Å². The molecular weight excluding hydrogens is 358 g/mol. The number of nitrogens with zero attached hydrogens (tertiary/aromatic N) is 1. The number of hydrogen-bond acceptors (Lipinski definition) is 7. The molecule has 3 heterocycles. The molecule has 3 N–H and O–H groups in total. The van der Waals surface area contributed by atoms with Gasteiger partial charge in [-0.2, -0.15) is 0 Å². The van der Waals surface area contributed by atoms with E-state index < -0.39 is 0 Å². The average molecular weight is 380 g/mol. The molecule has 25 heavy (non-hydrogen) atoms. The van der Waals surface area contributed by atoms with Gasteiger partial charge in [-0.05, 0) is 36.8 Å². The first-order valence-electron chi connectivity index (χ1n) is 8.00. The van der Waals surface area contributed by atoms with E-state index in [4.69, 9.17) is 10.5 Å². The van der Waals surface area contributed by atoms with Crippen molar-refractivity contribution in [2.75, 3.05) is 12.3 Å². The molecule has 8 heteroatoms. The first kappa shape index (κ1) is 19.1. The molecule has 6 nitrogen and oxygen atoms in total. The molecule has 134 valence electrons. The largest absolute Gasteiger partial charge is 0.462 e. The Labute approximate surface area is 153 Å². The van der Waals surface area contributed by atoms with E-state index in [1.165, 1.54) is 29.0 Å². The Morgan fingerprint density at radius 3 is 2.68 bits per heavy atom. The quantitative estimate of drug-likeness (QED) is 0.675. The van der Waals surface area contributed by atoms with Gasteiger partial charge in [-0.15, -0.1) is 22.7 Å². The molecule has 0 aliphatic rings. The summed E-state index contributed by atoms with van der Waals surface area (Å²) in [5.41, 5.74) is 7.23. The number of nitrogen functional groups attached to an aromatic ring is 1. The molecule has 0 aromatic carbocycles. The first-order chi connectivity index (χ1) is 12.0. The number of hydrogen-bond donors (Lipinski definition) is 2. The Bertz CT molecular complexity index is 911. The van der Waals surface area contributed by atoms with E-state index >= 15 is 0 Å². The van der Waals surface area contributed by atoms with Crippen LogP contribution in [0.3, 0.4) is 0 Å². The van der Waals surface area contributed by atoms with Gasteiger partial charge in [0.05, 0.1) is 23.9 Å². The summed E-state index contributed by atoms with van der Waals surface area (Å²) in [6.07, 6.45) is 3.23. The van der Waals surface area contributed by atoms with Gasteiger partial charge in [0, 0.05) is 4.88 Å². The molecule has 0 spiro atoms. The lowest BCUT2D eigenvalue weighted by Crippen LogP contribution is -2.05.